The minimum absolute atomic E-state index is 0.131. The lowest BCUT2D eigenvalue weighted by atomic mass is 10.4. The Labute approximate surface area is 80.1 Å². The molecule has 1 heterocycles. The van der Waals surface area contributed by atoms with Gasteiger partial charge in [0.2, 0.25) is 0 Å². The molecule has 1 aliphatic heterocycles. The Balaban J connectivity index is 3.13. The predicted octanol–water partition coefficient (Wildman–Crippen LogP) is -2.13. The summed E-state index contributed by atoms with van der Waals surface area (Å²) in [4.78, 5) is 0. The molecule has 0 unspecified atom stereocenters. The first-order chi connectivity index (χ1) is 5.96. The van der Waals surface area contributed by atoms with Gasteiger partial charge in [-0.1, -0.05) is 12.2 Å². The van der Waals surface area contributed by atoms with Crippen molar-refractivity contribution in [1.82, 2.24) is 10.0 Å². The number of rotatable bonds is 2. The Bertz CT molecular complexity index is 395. The maximum Gasteiger partial charge on any atom is 0.345 e. The van der Waals surface area contributed by atoms with Gasteiger partial charge in [-0.15, -0.1) is 4.40 Å². The van der Waals surface area contributed by atoms with Crippen LogP contribution in [0.2, 0.25) is 0 Å². The van der Waals surface area contributed by atoms with Crippen molar-refractivity contribution in [1.29, 1.82) is 0 Å². The van der Waals surface area contributed by atoms with Gasteiger partial charge in [-0.05, 0) is 0 Å². The van der Waals surface area contributed by atoms with Crippen LogP contribution in [0.25, 0.3) is 0 Å². The molecule has 13 heavy (non-hydrogen) atoms. The van der Waals surface area contributed by atoms with E-state index in [1.54, 1.807) is 0 Å². The molecule has 0 aromatic heterocycles. The van der Waals surface area contributed by atoms with Gasteiger partial charge in [-0.2, -0.15) is 8.42 Å². The van der Waals surface area contributed by atoms with Crippen molar-refractivity contribution in [3.05, 3.63) is 11.5 Å². The van der Waals surface area contributed by atoms with Crippen LogP contribution in [0.5, 0.6) is 0 Å². The van der Waals surface area contributed by atoms with E-state index in [0.29, 0.717) is 0 Å². The highest BCUT2D eigenvalue weighted by atomic mass is 32.2. The quantitative estimate of drug-likeness (QED) is 0.395. The van der Waals surface area contributed by atoms with Gasteiger partial charge in [0.05, 0.1) is 5.49 Å². The molecule has 0 aliphatic carbocycles. The third-order valence-electron chi connectivity index (χ3n) is 1.19. The fourth-order valence-corrected chi connectivity index (χ4v) is 1.63. The van der Waals surface area contributed by atoms with Crippen LogP contribution < -0.4 is 21.5 Å². The first kappa shape index (κ1) is 9.74. The topological polar surface area (TPSA) is 123 Å². The van der Waals surface area contributed by atoms with Crippen LogP contribution in [-0.2, 0) is 10.2 Å². The summed E-state index contributed by atoms with van der Waals surface area (Å²) in [5.74, 6) is -0.356. The van der Waals surface area contributed by atoms with E-state index in [0.717, 1.165) is 5.49 Å². The van der Waals surface area contributed by atoms with Crippen molar-refractivity contribution in [2.24, 2.45) is 15.9 Å². The summed E-state index contributed by atoms with van der Waals surface area (Å²) < 4.78 is 26.8. The normalized spacial score (nSPS) is 20.2. The summed E-state index contributed by atoms with van der Waals surface area (Å²) in [5, 5.41) is 2.48. The van der Waals surface area contributed by atoms with Gasteiger partial charge in [0.15, 0.2) is 5.84 Å². The predicted molar refractivity (Wildman–Crippen MR) is 51.7 cm³/mol. The molecule has 0 spiro atoms. The number of hydrogen-bond donors (Lipinski definition) is 4. The number of nitrogens with one attached hydrogen (secondary N) is 2. The average Bonchev–Trinajstić information content (AvgIpc) is 1.94. The van der Waals surface area contributed by atoms with Crippen LogP contribution in [-0.4, -0.2) is 19.7 Å². The smallest absolute Gasteiger partial charge is 0.345 e. The Kier molecular flexibility index (Phi) is 2.38. The van der Waals surface area contributed by atoms with Gasteiger partial charge in [-0.3, -0.25) is 0 Å². The first-order valence-corrected chi connectivity index (χ1v) is 4.96. The number of nitrogens with zero attached hydrogens (tertiary/aromatic N) is 1. The number of amidine groups is 1. The van der Waals surface area contributed by atoms with Crippen molar-refractivity contribution in [3.63, 3.8) is 0 Å². The lowest BCUT2D eigenvalue weighted by Gasteiger charge is -2.15. The molecular weight excluding hydrogens is 214 g/mol. The summed E-state index contributed by atoms with van der Waals surface area (Å²) in [6.07, 6.45) is 0. The molecule has 0 saturated heterocycles. The molecule has 7 nitrogen and oxygen atoms in total. The van der Waals surface area contributed by atoms with E-state index in [9.17, 15) is 8.42 Å². The van der Waals surface area contributed by atoms with Crippen LogP contribution in [0.15, 0.2) is 15.9 Å². The summed E-state index contributed by atoms with van der Waals surface area (Å²) in [5.41, 5.74) is 11.9. The van der Waals surface area contributed by atoms with Gasteiger partial charge in [0.25, 0.3) is 0 Å². The second-order valence-electron chi connectivity index (χ2n) is 2.10. The highest BCUT2D eigenvalue weighted by Gasteiger charge is 2.21. The molecule has 0 bridgehead atoms. The van der Waals surface area contributed by atoms with Crippen LogP contribution in [0, 0.1) is 0 Å². The van der Waals surface area contributed by atoms with E-state index in [2.05, 4.69) is 21.9 Å². The fraction of sp³-hybridized carbons (Fsp3) is 0. The summed E-state index contributed by atoms with van der Waals surface area (Å²) in [6, 6.07) is 0. The zero-order valence-electron chi connectivity index (χ0n) is 6.31. The average molecular weight is 221 g/mol. The molecule has 0 fully saturated rings. The molecular formula is C4H7N5O2S2. The minimum Gasteiger partial charge on any atom is -0.383 e. The van der Waals surface area contributed by atoms with Crippen molar-refractivity contribution in [3.8, 4) is 0 Å². The van der Waals surface area contributed by atoms with E-state index in [1.807, 2.05) is 4.72 Å². The Morgan fingerprint density at radius 1 is 1.54 bits per heavy atom. The molecule has 1 rings (SSSR count). The second kappa shape index (κ2) is 3.18. The largest absolute Gasteiger partial charge is 0.383 e. The van der Waals surface area contributed by atoms with Crippen molar-refractivity contribution >= 4 is 33.8 Å². The lowest BCUT2D eigenvalue weighted by Crippen LogP contribution is -2.41. The first-order valence-electron chi connectivity index (χ1n) is 3.05. The van der Waals surface area contributed by atoms with Crippen LogP contribution in [0.3, 0.4) is 0 Å². The zero-order chi connectivity index (χ0) is 10.1. The highest BCUT2D eigenvalue weighted by Crippen LogP contribution is 2.03. The molecule has 1 aliphatic rings. The molecule has 0 aromatic carbocycles. The molecule has 0 atom stereocenters. The molecule has 0 aromatic rings. The van der Waals surface area contributed by atoms with Crippen molar-refractivity contribution in [2.45, 2.75) is 0 Å². The zero-order valence-corrected chi connectivity index (χ0v) is 7.95. The van der Waals surface area contributed by atoms with E-state index in [4.69, 9.17) is 11.5 Å². The summed E-state index contributed by atoms with van der Waals surface area (Å²) >= 11 is 4.48. The van der Waals surface area contributed by atoms with Crippen LogP contribution in [0.4, 0.5) is 0 Å². The second-order valence-corrected chi connectivity index (χ2v) is 3.68. The molecule has 0 saturated carbocycles. The van der Waals surface area contributed by atoms with Gasteiger partial charge >= 0.3 is 10.2 Å². The monoisotopic (exact) mass is 221 g/mol. The van der Waals surface area contributed by atoms with Crippen molar-refractivity contribution in [2.75, 3.05) is 0 Å². The third kappa shape index (κ3) is 2.06. The standard InChI is InChI=1S/C4H7N5O2S2/c5-3-2(7-1-12)4(6)9-13(10,11)8-3/h1,8H,5H2,(H2,6,9)(H,7,12). The SMILES string of the molecule is NC1=NS(=O)(=O)NC(N)=C1NC=S. The Morgan fingerprint density at radius 2 is 2.15 bits per heavy atom. The molecule has 0 amide bonds. The Morgan fingerprint density at radius 3 is 2.62 bits per heavy atom. The van der Waals surface area contributed by atoms with Gasteiger partial charge in [-0.25, -0.2) is 4.72 Å². The van der Waals surface area contributed by atoms with Gasteiger partial charge in [0, 0.05) is 0 Å². The maximum absolute atomic E-state index is 10.9. The van der Waals surface area contributed by atoms with E-state index >= 15 is 0 Å². The van der Waals surface area contributed by atoms with E-state index < -0.39 is 10.2 Å². The Hall–Kier alpha value is -1.35. The van der Waals surface area contributed by atoms with Gasteiger partial charge < -0.3 is 16.8 Å². The molecule has 6 N–H and O–H groups in total. The lowest BCUT2D eigenvalue weighted by molar-refractivity contribution is 0.588. The number of thiocarbonyl (C=S) groups is 1. The fourth-order valence-electron chi connectivity index (χ4n) is 0.737. The number of hydrogen-bond acceptors (Lipinski definition) is 5. The van der Waals surface area contributed by atoms with Crippen LogP contribution >= 0.6 is 12.2 Å². The maximum atomic E-state index is 10.9. The van der Waals surface area contributed by atoms with Crippen molar-refractivity contribution < 1.29 is 8.42 Å². The third-order valence-corrected chi connectivity index (χ3v) is 2.22. The number of nitrogens with two attached hydrogens (primary N) is 2. The molecule has 9 heteroatoms. The minimum atomic E-state index is -3.79. The van der Waals surface area contributed by atoms with E-state index in [1.165, 1.54) is 0 Å². The summed E-state index contributed by atoms with van der Waals surface area (Å²) in [7, 11) is -3.79. The summed E-state index contributed by atoms with van der Waals surface area (Å²) in [6.45, 7) is 0. The highest BCUT2D eigenvalue weighted by molar-refractivity contribution is 7.88. The van der Waals surface area contributed by atoms with E-state index in [-0.39, 0.29) is 17.4 Å². The van der Waals surface area contributed by atoms with Crippen LogP contribution in [0.1, 0.15) is 0 Å². The molecule has 72 valence electrons. The van der Waals surface area contributed by atoms with Gasteiger partial charge in [0.1, 0.15) is 11.5 Å². The molecule has 0 radical (unpaired) electrons.